The number of hydrogen-bond acceptors (Lipinski definition) is 3. The van der Waals surface area contributed by atoms with Crippen LogP contribution >= 0.6 is 0 Å². The maximum absolute atomic E-state index is 12.8. The molecule has 5 rings (SSSR count). The normalized spacial score (nSPS) is 21.9. The van der Waals surface area contributed by atoms with Crippen molar-refractivity contribution in [1.29, 1.82) is 0 Å². The van der Waals surface area contributed by atoms with Crippen LogP contribution in [-0.4, -0.2) is 24.0 Å². The number of carbonyl (C=O) groups is 1. The predicted octanol–water partition coefficient (Wildman–Crippen LogP) is 7.06. The molecule has 2 fully saturated rings. The minimum absolute atomic E-state index is 0.0913. The zero-order valence-corrected chi connectivity index (χ0v) is 19.5. The third-order valence-corrected chi connectivity index (χ3v) is 7.44. The van der Waals surface area contributed by atoms with Gasteiger partial charge in [0.25, 0.3) is 5.91 Å². The summed E-state index contributed by atoms with van der Waals surface area (Å²) in [5, 5.41) is 4.02. The first kappa shape index (κ1) is 21.9. The molecule has 2 aromatic carbocycles. The smallest absolute Gasteiger partial charge is 0.255 e. The fraction of sp³-hybridized carbons (Fsp3) is 0.448. The van der Waals surface area contributed by atoms with Crippen LogP contribution in [0.15, 0.2) is 60.8 Å². The molecule has 1 aromatic heterocycles. The molecule has 1 aliphatic carbocycles. The molecule has 1 amide bonds. The zero-order chi connectivity index (χ0) is 22.5. The molecule has 33 heavy (non-hydrogen) atoms. The molecule has 172 valence electrons. The van der Waals surface area contributed by atoms with E-state index in [1.165, 1.54) is 63.5 Å². The van der Waals surface area contributed by atoms with E-state index in [-0.39, 0.29) is 5.91 Å². The molecular formula is C29H35N3O. The summed E-state index contributed by atoms with van der Waals surface area (Å²) in [6.45, 7) is 2.32. The molecule has 3 aromatic rings. The van der Waals surface area contributed by atoms with Crippen molar-refractivity contribution in [2.45, 2.75) is 57.8 Å². The first-order valence-corrected chi connectivity index (χ1v) is 12.8. The van der Waals surface area contributed by atoms with Gasteiger partial charge < -0.3 is 10.2 Å². The van der Waals surface area contributed by atoms with Crippen molar-refractivity contribution >= 4 is 28.2 Å². The van der Waals surface area contributed by atoms with Crippen molar-refractivity contribution in [2.24, 2.45) is 11.8 Å². The van der Waals surface area contributed by atoms with Crippen LogP contribution in [0.4, 0.5) is 11.4 Å². The van der Waals surface area contributed by atoms with Gasteiger partial charge in [0.05, 0.1) is 17.4 Å². The molecule has 4 nitrogen and oxygen atoms in total. The largest absolute Gasteiger partial charge is 0.371 e. The molecule has 2 aliphatic rings. The highest BCUT2D eigenvalue weighted by Crippen LogP contribution is 2.33. The number of benzene rings is 2. The summed E-state index contributed by atoms with van der Waals surface area (Å²) in [6, 6.07) is 18.1. The highest BCUT2D eigenvalue weighted by atomic mass is 16.1. The van der Waals surface area contributed by atoms with E-state index in [1.54, 1.807) is 6.20 Å². The van der Waals surface area contributed by atoms with Crippen molar-refractivity contribution in [3.8, 4) is 0 Å². The summed E-state index contributed by atoms with van der Waals surface area (Å²) >= 11 is 0. The minimum atomic E-state index is -0.0913. The van der Waals surface area contributed by atoms with Crippen LogP contribution in [0.1, 0.15) is 68.1 Å². The van der Waals surface area contributed by atoms with Gasteiger partial charge in [-0.15, -0.1) is 0 Å². The van der Waals surface area contributed by atoms with Gasteiger partial charge in [0.2, 0.25) is 0 Å². The summed E-state index contributed by atoms with van der Waals surface area (Å²) in [6.07, 6.45) is 14.3. The molecule has 1 aliphatic heterocycles. The number of nitrogens with one attached hydrogen (secondary N) is 1. The highest BCUT2D eigenvalue weighted by Gasteiger charge is 2.27. The minimum Gasteiger partial charge on any atom is -0.371 e. The third-order valence-electron chi connectivity index (χ3n) is 7.44. The van der Waals surface area contributed by atoms with Crippen LogP contribution in [0, 0.1) is 11.8 Å². The lowest BCUT2D eigenvalue weighted by Crippen LogP contribution is -2.40. The average molecular weight is 442 g/mol. The van der Waals surface area contributed by atoms with Gasteiger partial charge in [-0.25, -0.2) is 0 Å². The van der Waals surface area contributed by atoms with E-state index in [9.17, 15) is 4.79 Å². The first-order valence-electron chi connectivity index (χ1n) is 12.8. The number of pyridine rings is 1. The number of aromatic nitrogens is 1. The van der Waals surface area contributed by atoms with Gasteiger partial charge in [0.1, 0.15) is 0 Å². The van der Waals surface area contributed by atoms with Crippen LogP contribution in [0.2, 0.25) is 0 Å². The molecule has 1 saturated heterocycles. The number of carbonyl (C=O) groups excluding carboxylic acids is 1. The Morgan fingerprint density at radius 1 is 0.848 bits per heavy atom. The molecule has 2 bridgehead atoms. The van der Waals surface area contributed by atoms with Crippen molar-refractivity contribution < 1.29 is 4.79 Å². The van der Waals surface area contributed by atoms with Gasteiger partial charge in [0.15, 0.2) is 0 Å². The second-order valence-corrected chi connectivity index (χ2v) is 9.99. The van der Waals surface area contributed by atoms with Crippen molar-refractivity contribution in [2.75, 3.05) is 23.3 Å². The number of hydrogen-bond donors (Lipinski definition) is 1. The van der Waals surface area contributed by atoms with Crippen molar-refractivity contribution in [3.63, 3.8) is 0 Å². The predicted molar refractivity (Wildman–Crippen MR) is 137 cm³/mol. The van der Waals surface area contributed by atoms with Crippen LogP contribution in [0.5, 0.6) is 0 Å². The van der Waals surface area contributed by atoms with Gasteiger partial charge in [-0.3, -0.25) is 9.78 Å². The van der Waals surface area contributed by atoms with E-state index in [1.807, 2.05) is 42.5 Å². The SMILES string of the molecule is O=C(Nc1cnc2ccccc2c1)c1ccc(N2CC3CCCCCCCCC(C3)C2)cc1. The Balaban J connectivity index is 1.25. The maximum Gasteiger partial charge on any atom is 0.255 e. The first-order chi connectivity index (χ1) is 16.2. The summed E-state index contributed by atoms with van der Waals surface area (Å²) in [5.41, 5.74) is 3.59. The van der Waals surface area contributed by atoms with E-state index in [2.05, 4.69) is 27.3 Å². The molecule has 0 spiro atoms. The van der Waals surface area contributed by atoms with E-state index in [0.29, 0.717) is 5.56 Å². The van der Waals surface area contributed by atoms with Crippen LogP contribution in [0.3, 0.4) is 0 Å². The summed E-state index contributed by atoms with van der Waals surface area (Å²) in [7, 11) is 0. The standard InChI is InChI=1S/C29H35N3O/c33-29(31-26-18-25-11-7-8-12-28(25)30-19-26)24-13-15-27(16-14-24)32-20-22-9-5-3-1-2-4-6-10-23(17-22)21-32/h7-8,11-16,18-19,22-23H,1-6,9-10,17,20-21H2,(H,31,33). The third kappa shape index (κ3) is 5.55. The fourth-order valence-electron chi connectivity index (χ4n) is 5.69. The number of anilines is 2. The molecule has 4 heteroatoms. The Morgan fingerprint density at radius 2 is 1.52 bits per heavy atom. The van der Waals surface area contributed by atoms with Crippen LogP contribution in [-0.2, 0) is 0 Å². The van der Waals surface area contributed by atoms with Crippen molar-refractivity contribution in [1.82, 2.24) is 4.98 Å². The van der Waals surface area contributed by atoms with Gasteiger partial charge in [-0.05, 0) is 67.5 Å². The molecule has 2 atom stereocenters. The zero-order valence-electron chi connectivity index (χ0n) is 19.5. The average Bonchev–Trinajstić information content (AvgIpc) is 2.88. The topological polar surface area (TPSA) is 45.2 Å². The van der Waals surface area contributed by atoms with E-state index in [0.717, 1.165) is 41.5 Å². The number of amides is 1. The number of nitrogens with zero attached hydrogens (tertiary/aromatic N) is 2. The Bertz CT molecular complexity index is 1060. The van der Waals surface area contributed by atoms with Gasteiger partial charge >= 0.3 is 0 Å². The van der Waals surface area contributed by atoms with Gasteiger partial charge in [-0.2, -0.15) is 0 Å². The lowest BCUT2D eigenvalue weighted by atomic mass is 9.83. The molecule has 2 unspecified atom stereocenters. The molecule has 1 saturated carbocycles. The quantitative estimate of drug-likeness (QED) is 0.473. The summed E-state index contributed by atoms with van der Waals surface area (Å²) in [4.78, 5) is 19.8. The summed E-state index contributed by atoms with van der Waals surface area (Å²) in [5.74, 6) is 1.53. The Labute approximate surface area is 197 Å². The Hall–Kier alpha value is -2.88. The molecule has 1 N–H and O–H groups in total. The second-order valence-electron chi connectivity index (χ2n) is 9.99. The van der Waals surface area contributed by atoms with Crippen LogP contribution < -0.4 is 10.2 Å². The second kappa shape index (κ2) is 10.4. The number of rotatable bonds is 3. The van der Waals surface area contributed by atoms with Gasteiger partial charge in [-0.1, -0.05) is 56.7 Å². The molecule has 0 radical (unpaired) electrons. The summed E-state index contributed by atoms with van der Waals surface area (Å²) < 4.78 is 0. The Morgan fingerprint density at radius 3 is 2.24 bits per heavy atom. The number of para-hydroxylation sites is 1. The van der Waals surface area contributed by atoms with Gasteiger partial charge in [0, 0.05) is 29.7 Å². The Kier molecular flexibility index (Phi) is 6.89. The van der Waals surface area contributed by atoms with Crippen LogP contribution in [0.25, 0.3) is 10.9 Å². The lowest BCUT2D eigenvalue weighted by molar-refractivity contribution is 0.102. The lowest BCUT2D eigenvalue weighted by Gasteiger charge is -2.39. The van der Waals surface area contributed by atoms with E-state index in [4.69, 9.17) is 0 Å². The maximum atomic E-state index is 12.8. The van der Waals surface area contributed by atoms with E-state index >= 15 is 0 Å². The monoisotopic (exact) mass is 441 g/mol. The molecular weight excluding hydrogens is 406 g/mol. The van der Waals surface area contributed by atoms with Crippen molar-refractivity contribution in [3.05, 3.63) is 66.4 Å². The highest BCUT2D eigenvalue weighted by molar-refractivity contribution is 6.05. The number of piperidine rings is 1. The van der Waals surface area contributed by atoms with E-state index < -0.39 is 0 Å². The number of fused-ring (bicyclic) bond motifs is 3. The molecule has 2 heterocycles. The fourth-order valence-corrected chi connectivity index (χ4v) is 5.69.